The molecule has 1 aliphatic rings. The molecule has 0 radical (unpaired) electrons. The molecular formula is C14H16FN3O3. The first kappa shape index (κ1) is 15.0. The number of carbonyl (C=O) groups is 3. The molecule has 1 aromatic rings. The summed E-state index contributed by atoms with van der Waals surface area (Å²) in [7, 11) is 0. The van der Waals surface area contributed by atoms with Gasteiger partial charge in [-0.3, -0.25) is 14.4 Å². The van der Waals surface area contributed by atoms with Crippen LogP contribution in [0.1, 0.15) is 18.4 Å². The second kappa shape index (κ2) is 6.34. The topological polar surface area (TPSA) is 101 Å². The first-order valence-electron chi connectivity index (χ1n) is 6.60. The van der Waals surface area contributed by atoms with Crippen molar-refractivity contribution in [2.24, 2.45) is 5.73 Å². The highest BCUT2D eigenvalue weighted by molar-refractivity contribution is 5.93. The summed E-state index contributed by atoms with van der Waals surface area (Å²) in [5.74, 6) is -1.91. The minimum absolute atomic E-state index is 0.0333. The number of carbonyl (C=O) groups excluding carboxylic acids is 3. The molecule has 4 N–H and O–H groups in total. The van der Waals surface area contributed by atoms with E-state index in [2.05, 4.69) is 10.6 Å². The molecule has 3 amide bonds. The summed E-state index contributed by atoms with van der Waals surface area (Å²) in [4.78, 5) is 34.5. The average Bonchev–Trinajstić information content (AvgIpc) is 2.87. The van der Waals surface area contributed by atoms with E-state index in [0.717, 1.165) is 0 Å². The lowest BCUT2D eigenvalue weighted by atomic mass is 10.0. The minimum atomic E-state index is -1.02. The molecule has 0 bridgehead atoms. The number of primary amides is 1. The van der Waals surface area contributed by atoms with Crippen LogP contribution in [0.3, 0.4) is 0 Å². The van der Waals surface area contributed by atoms with Crippen LogP contribution in [-0.4, -0.2) is 29.8 Å². The van der Waals surface area contributed by atoms with Gasteiger partial charge in [0.25, 0.3) is 0 Å². The fraction of sp³-hybridized carbons (Fsp3) is 0.357. The molecule has 2 atom stereocenters. The third-order valence-electron chi connectivity index (χ3n) is 3.35. The van der Waals surface area contributed by atoms with Crippen LogP contribution in [0, 0.1) is 5.82 Å². The number of nitrogens with one attached hydrogen (secondary N) is 2. The Labute approximate surface area is 120 Å². The molecule has 7 heteroatoms. The predicted molar refractivity (Wildman–Crippen MR) is 72.4 cm³/mol. The average molecular weight is 293 g/mol. The van der Waals surface area contributed by atoms with Crippen molar-refractivity contribution in [3.63, 3.8) is 0 Å². The number of hydrogen-bond acceptors (Lipinski definition) is 3. The first-order valence-corrected chi connectivity index (χ1v) is 6.60. The van der Waals surface area contributed by atoms with Gasteiger partial charge in [0.15, 0.2) is 0 Å². The van der Waals surface area contributed by atoms with E-state index in [0.29, 0.717) is 6.42 Å². The van der Waals surface area contributed by atoms with E-state index in [1.54, 1.807) is 6.07 Å². The van der Waals surface area contributed by atoms with E-state index in [1.165, 1.54) is 18.2 Å². The maximum atomic E-state index is 13.6. The Balaban J connectivity index is 2.03. The van der Waals surface area contributed by atoms with Crippen molar-refractivity contribution in [2.75, 3.05) is 0 Å². The summed E-state index contributed by atoms with van der Waals surface area (Å²) >= 11 is 0. The molecule has 1 saturated heterocycles. The summed E-state index contributed by atoms with van der Waals surface area (Å²) in [6, 6.07) is 4.27. The highest BCUT2D eigenvalue weighted by Crippen LogP contribution is 2.11. The van der Waals surface area contributed by atoms with Crippen LogP contribution in [0.15, 0.2) is 24.3 Å². The number of hydrogen-bond donors (Lipinski definition) is 3. The molecule has 1 aromatic carbocycles. The molecular weight excluding hydrogens is 277 g/mol. The lowest BCUT2D eigenvalue weighted by molar-refractivity contribution is -0.129. The molecule has 1 aliphatic heterocycles. The highest BCUT2D eigenvalue weighted by atomic mass is 19.1. The van der Waals surface area contributed by atoms with E-state index in [9.17, 15) is 18.8 Å². The Bertz CT molecular complexity index is 576. The number of halogens is 1. The SMILES string of the molecule is NC(=O)[C@H](Cc1ccccc1F)NC(=O)[C@H]1CCC(=O)N1. The van der Waals surface area contributed by atoms with Crippen LogP contribution in [0.2, 0.25) is 0 Å². The Morgan fingerprint density at radius 3 is 2.71 bits per heavy atom. The van der Waals surface area contributed by atoms with Crippen LogP contribution in [0.25, 0.3) is 0 Å². The summed E-state index contributed by atoms with van der Waals surface area (Å²) in [6.45, 7) is 0. The Kier molecular flexibility index (Phi) is 4.52. The van der Waals surface area contributed by atoms with Crippen molar-refractivity contribution in [1.29, 1.82) is 0 Å². The largest absolute Gasteiger partial charge is 0.368 e. The van der Waals surface area contributed by atoms with E-state index in [4.69, 9.17) is 5.73 Å². The number of amides is 3. The van der Waals surface area contributed by atoms with Gasteiger partial charge < -0.3 is 16.4 Å². The quantitative estimate of drug-likeness (QED) is 0.689. The summed E-state index contributed by atoms with van der Waals surface area (Å²) < 4.78 is 13.6. The van der Waals surface area contributed by atoms with Gasteiger partial charge in [-0.05, 0) is 18.1 Å². The lowest BCUT2D eigenvalue weighted by Gasteiger charge is -2.18. The number of nitrogens with two attached hydrogens (primary N) is 1. The standard InChI is InChI=1S/C14H16FN3O3/c15-9-4-2-1-3-8(9)7-11(13(16)20)18-14(21)10-5-6-12(19)17-10/h1-4,10-11H,5-7H2,(H2,16,20)(H,17,19)(H,18,21)/t10-,11+/m1/s1. The molecule has 2 rings (SSSR count). The summed E-state index contributed by atoms with van der Waals surface area (Å²) in [5.41, 5.74) is 5.53. The maximum Gasteiger partial charge on any atom is 0.243 e. The molecule has 0 unspecified atom stereocenters. The number of benzene rings is 1. The molecule has 0 aliphatic carbocycles. The van der Waals surface area contributed by atoms with Gasteiger partial charge in [-0.25, -0.2) is 4.39 Å². The van der Waals surface area contributed by atoms with Crippen LogP contribution >= 0.6 is 0 Å². The fourth-order valence-corrected chi connectivity index (χ4v) is 2.19. The zero-order valence-corrected chi connectivity index (χ0v) is 11.3. The van der Waals surface area contributed by atoms with Crippen molar-refractivity contribution >= 4 is 17.7 Å². The van der Waals surface area contributed by atoms with Gasteiger partial charge in [0.1, 0.15) is 17.9 Å². The second-order valence-electron chi connectivity index (χ2n) is 4.92. The van der Waals surface area contributed by atoms with Crippen LogP contribution in [-0.2, 0) is 20.8 Å². The van der Waals surface area contributed by atoms with Crippen LogP contribution in [0.5, 0.6) is 0 Å². The molecule has 0 saturated carbocycles. The smallest absolute Gasteiger partial charge is 0.243 e. The Hall–Kier alpha value is -2.44. The van der Waals surface area contributed by atoms with E-state index in [-0.39, 0.29) is 24.3 Å². The van der Waals surface area contributed by atoms with Crippen molar-refractivity contribution in [1.82, 2.24) is 10.6 Å². The van der Waals surface area contributed by atoms with Crippen molar-refractivity contribution < 1.29 is 18.8 Å². The van der Waals surface area contributed by atoms with Gasteiger partial charge in [-0.15, -0.1) is 0 Å². The maximum absolute atomic E-state index is 13.6. The summed E-state index contributed by atoms with van der Waals surface area (Å²) in [6.07, 6.45) is 0.608. The molecule has 1 fully saturated rings. The van der Waals surface area contributed by atoms with Gasteiger partial charge in [0.05, 0.1) is 0 Å². The first-order chi connectivity index (χ1) is 9.97. The molecule has 112 valence electrons. The minimum Gasteiger partial charge on any atom is -0.368 e. The van der Waals surface area contributed by atoms with Crippen molar-refractivity contribution in [2.45, 2.75) is 31.3 Å². The van der Waals surface area contributed by atoms with Gasteiger partial charge in [0, 0.05) is 12.8 Å². The predicted octanol–water partition coefficient (Wildman–Crippen LogP) is -0.383. The number of rotatable bonds is 5. The second-order valence-corrected chi connectivity index (χ2v) is 4.92. The normalized spacial score (nSPS) is 18.9. The molecule has 6 nitrogen and oxygen atoms in total. The van der Waals surface area contributed by atoms with Gasteiger partial charge in [0.2, 0.25) is 17.7 Å². The van der Waals surface area contributed by atoms with Crippen LogP contribution in [0.4, 0.5) is 4.39 Å². The zero-order chi connectivity index (χ0) is 15.4. The Morgan fingerprint density at radius 1 is 1.43 bits per heavy atom. The lowest BCUT2D eigenvalue weighted by Crippen LogP contribution is -2.51. The zero-order valence-electron chi connectivity index (χ0n) is 11.3. The van der Waals surface area contributed by atoms with E-state index < -0.39 is 29.7 Å². The molecule has 0 aromatic heterocycles. The third-order valence-corrected chi connectivity index (χ3v) is 3.35. The third kappa shape index (κ3) is 3.77. The summed E-state index contributed by atoms with van der Waals surface area (Å²) in [5, 5.41) is 4.96. The van der Waals surface area contributed by atoms with Gasteiger partial charge in [-0.1, -0.05) is 18.2 Å². The van der Waals surface area contributed by atoms with Gasteiger partial charge in [-0.2, -0.15) is 0 Å². The van der Waals surface area contributed by atoms with Gasteiger partial charge >= 0.3 is 0 Å². The molecule has 21 heavy (non-hydrogen) atoms. The van der Waals surface area contributed by atoms with Crippen molar-refractivity contribution in [3.8, 4) is 0 Å². The van der Waals surface area contributed by atoms with Crippen molar-refractivity contribution in [3.05, 3.63) is 35.6 Å². The molecule has 1 heterocycles. The van der Waals surface area contributed by atoms with Crippen LogP contribution < -0.4 is 16.4 Å². The monoisotopic (exact) mass is 293 g/mol. The highest BCUT2D eigenvalue weighted by Gasteiger charge is 2.30. The van der Waals surface area contributed by atoms with E-state index >= 15 is 0 Å². The van der Waals surface area contributed by atoms with E-state index in [1.807, 2.05) is 0 Å². The molecule has 0 spiro atoms. The Morgan fingerprint density at radius 2 is 2.14 bits per heavy atom. The fourth-order valence-electron chi connectivity index (χ4n) is 2.19.